The van der Waals surface area contributed by atoms with Crippen LogP contribution in [0.5, 0.6) is 5.75 Å². The lowest BCUT2D eigenvalue weighted by molar-refractivity contribution is -0.121. The summed E-state index contributed by atoms with van der Waals surface area (Å²) in [5.41, 5.74) is 0. The quantitative estimate of drug-likeness (QED) is 0.595. The summed E-state index contributed by atoms with van der Waals surface area (Å²) in [4.78, 5) is 17.1. The molecule has 0 saturated heterocycles. The van der Waals surface area contributed by atoms with Crippen molar-refractivity contribution in [1.29, 1.82) is 0 Å². The van der Waals surface area contributed by atoms with E-state index in [0.29, 0.717) is 37.7 Å². The van der Waals surface area contributed by atoms with E-state index < -0.39 is 0 Å². The molecular weight excluding hydrogens is 338 g/mol. The van der Waals surface area contributed by atoms with Gasteiger partial charge in [0, 0.05) is 19.4 Å². The lowest BCUT2D eigenvalue weighted by Gasteiger charge is -2.06. The van der Waals surface area contributed by atoms with Crippen LogP contribution in [0.15, 0.2) is 52.4 Å². The second-order valence-corrected chi connectivity index (χ2v) is 6.30. The van der Waals surface area contributed by atoms with Crippen molar-refractivity contribution in [1.82, 2.24) is 15.5 Å². The van der Waals surface area contributed by atoms with E-state index >= 15 is 0 Å². The van der Waals surface area contributed by atoms with Gasteiger partial charge >= 0.3 is 0 Å². The van der Waals surface area contributed by atoms with Crippen LogP contribution in [0.3, 0.4) is 0 Å². The molecule has 0 aliphatic heterocycles. The van der Waals surface area contributed by atoms with Crippen LogP contribution in [-0.2, 0) is 11.2 Å². The highest BCUT2D eigenvalue weighted by molar-refractivity contribution is 7.13. The van der Waals surface area contributed by atoms with Crippen LogP contribution in [-0.4, -0.2) is 29.2 Å². The first-order valence-electron chi connectivity index (χ1n) is 8.12. The molecule has 0 aliphatic rings. The summed E-state index contributed by atoms with van der Waals surface area (Å²) in [7, 11) is 0. The maximum atomic E-state index is 11.8. The number of benzene rings is 1. The zero-order chi connectivity index (χ0) is 17.3. The number of hydrogen-bond donors (Lipinski definition) is 1. The molecule has 0 atom stereocenters. The number of carbonyl (C=O) groups excluding carboxylic acids is 1. The van der Waals surface area contributed by atoms with Crippen LogP contribution in [0.4, 0.5) is 0 Å². The minimum Gasteiger partial charge on any atom is -0.494 e. The second kappa shape index (κ2) is 8.98. The number of rotatable bonds is 9. The number of aromatic nitrogens is 2. The van der Waals surface area contributed by atoms with Gasteiger partial charge in [-0.15, -0.1) is 11.3 Å². The van der Waals surface area contributed by atoms with Crippen LogP contribution in [0, 0.1) is 0 Å². The SMILES string of the molecule is O=C(CCc1nc(-c2cccs2)no1)NCCCOc1ccccc1. The zero-order valence-corrected chi connectivity index (χ0v) is 14.5. The largest absolute Gasteiger partial charge is 0.494 e. The molecule has 0 saturated carbocycles. The minimum absolute atomic E-state index is 0.0319. The molecule has 0 aliphatic carbocycles. The van der Waals surface area contributed by atoms with Crippen LogP contribution < -0.4 is 10.1 Å². The molecule has 2 aromatic heterocycles. The summed E-state index contributed by atoms with van der Waals surface area (Å²) in [6.07, 6.45) is 1.51. The predicted octanol–water partition coefficient (Wildman–Crippen LogP) is 3.32. The molecule has 25 heavy (non-hydrogen) atoms. The molecule has 0 fully saturated rings. The van der Waals surface area contributed by atoms with Gasteiger partial charge in [-0.3, -0.25) is 4.79 Å². The number of carbonyl (C=O) groups is 1. The fraction of sp³-hybridized carbons (Fsp3) is 0.278. The Morgan fingerprint density at radius 1 is 1.20 bits per heavy atom. The highest BCUT2D eigenvalue weighted by Crippen LogP contribution is 2.21. The van der Waals surface area contributed by atoms with E-state index in [9.17, 15) is 4.79 Å². The van der Waals surface area contributed by atoms with Crippen molar-refractivity contribution in [2.24, 2.45) is 0 Å². The van der Waals surface area contributed by atoms with Gasteiger partial charge in [-0.25, -0.2) is 0 Å². The Balaban J connectivity index is 1.30. The van der Waals surface area contributed by atoms with E-state index in [0.717, 1.165) is 17.0 Å². The van der Waals surface area contributed by atoms with Crippen molar-refractivity contribution in [3.8, 4) is 16.5 Å². The van der Waals surface area contributed by atoms with Gasteiger partial charge in [0.25, 0.3) is 0 Å². The fourth-order valence-electron chi connectivity index (χ4n) is 2.18. The number of aryl methyl sites for hydroxylation is 1. The molecule has 2 heterocycles. The van der Waals surface area contributed by atoms with Crippen LogP contribution in [0.25, 0.3) is 10.7 Å². The van der Waals surface area contributed by atoms with Gasteiger partial charge < -0.3 is 14.6 Å². The van der Waals surface area contributed by atoms with Gasteiger partial charge in [-0.1, -0.05) is 29.4 Å². The van der Waals surface area contributed by atoms with E-state index in [1.165, 1.54) is 0 Å². The van der Waals surface area contributed by atoms with E-state index in [1.807, 2.05) is 47.8 Å². The van der Waals surface area contributed by atoms with Crippen molar-refractivity contribution in [2.75, 3.05) is 13.2 Å². The molecule has 3 aromatic rings. The number of nitrogens with zero attached hydrogens (tertiary/aromatic N) is 2. The summed E-state index contributed by atoms with van der Waals surface area (Å²) in [6, 6.07) is 13.5. The Labute approximate surface area is 149 Å². The number of thiophene rings is 1. The number of amides is 1. The lowest BCUT2D eigenvalue weighted by atomic mass is 10.3. The molecular formula is C18H19N3O3S. The highest BCUT2D eigenvalue weighted by atomic mass is 32.1. The van der Waals surface area contributed by atoms with Crippen molar-refractivity contribution < 1.29 is 14.1 Å². The number of hydrogen-bond acceptors (Lipinski definition) is 6. The van der Waals surface area contributed by atoms with Gasteiger partial charge in [0.2, 0.25) is 17.6 Å². The highest BCUT2D eigenvalue weighted by Gasteiger charge is 2.11. The molecule has 6 nitrogen and oxygen atoms in total. The van der Waals surface area contributed by atoms with Gasteiger partial charge in [0.1, 0.15) is 5.75 Å². The third kappa shape index (κ3) is 5.42. The average Bonchev–Trinajstić information content (AvgIpc) is 3.32. The summed E-state index contributed by atoms with van der Waals surface area (Å²) in [5, 5.41) is 8.75. The first-order chi connectivity index (χ1) is 12.3. The maximum Gasteiger partial charge on any atom is 0.227 e. The zero-order valence-electron chi connectivity index (χ0n) is 13.7. The molecule has 1 aromatic carbocycles. The van der Waals surface area contributed by atoms with Crippen molar-refractivity contribution in [3.05, 3.63) is 53.7 Å². The Bertz CT molecular complexity index is 772. The van der Waals surface area contributed by atoms with E-state index in [-0.39, 0.29) is 5.91 Å². The molecule has 130 valence electrons. The lowest BCUT2D eigenvalue weighted by Crippen LogP contribution is -2.25. The topological polar surface area (TPSA) is 77.2 Å². The number of ether oxygens (including phenoxy) is 1. The third-order valence-electron chi connectivity index (χ3n) is 3.43. The molecule has 7 heteroatoms. The van der Waals surface area contributed by atoms with Crippen molar-refractivity contribution >= 4 is 17.2 Å². The molecule has 0 spiro atoms. The monoisotopic (exact) mass is 357 g/mol. The Morgan fingerprint density at radius 3 is 2.88 bits per heavy atom. The average molecular weight is 357 g/mol. The smallest absolute Gasteiger partial charge is 0.227 e. The number of nitrogens with one attached hydrogen (secondary N) is 1. The molecule has 3 rings (SSSR count). The number of para-hydroxylation sites is 1. The Morgan fingerprint density at radius 2 is 2.08 bits per heavy atom. The van der Waals surface area contributed by atoms with Crippen LogP contribution in [0.1, 0.15) is 18.7 Å². The molecule has 0 bridgehead atoms. The second-order valence-electron chi connectivity index (χ2n) is 5.35. The molecule has 1 amide bonds. The summed E-state index contributed by atoms with van der Waals surface area (Å²) in [6.45, 7) is 1.15. The molecule has 0 radical (unpaired) electrons. The third-order valence-corrected chi connectivity index (χ3v) is 4.30. The van der Waals surface area contributed by atoms with Crippen molar-refractivity contribution in [2.45, 2.75) is 19.3 Å². The standard InChI is InChI=1S/C18H19N3O3S/c22-16(19-11-5-12-23-14-6-2-1-3-7-14)9-10-17-20-18(21-24-17)15-8-4-13-25-15/h1-4,6-8,13H,5,9-12H2,(H,19,22). The predicted molar refractivity (Wildman–Crippen MR) is 95.5 cm³/mol. The first kappa shape index (κ1) is 17.2. The molecule has 0 unspecified atom stereocenters. The van der Waals surface area contributed by atoms with Crippen molar-refractivity contribution in [3.63, 3.8) is 0 Å². The first-order valence-corrected chi connectivity index (χ1v) is 9.00. The normalized spacial score (nSPS) is 10.6. The molecule has 1 N–H and O–H groups in total. The van der Waals surface area contributed by atoms with E-state index in [4.69, 9.17) is 9.26 Å². The minimum atomic E-state index is -0.0319. The Hall–Kier alpha value is -2.67. The summed E-state index contributed by atoms with van der Waals surface area (Å²) >= 11 is 1.55. The van der Waals surface area contributed by atoms with Crippen LogP contribution in [0.2, 0.25) is 0 Å². The van der Waals surface area contributed by atoms with Gasteiger partial charge in [-0.05, 0) is 30.0 Å². The Kier molecular flexibility index (Phi) is 6.17. The summed E-state index contributed by atoms with van der Waals surface area (Å²) in [5.74, 6) is 1.86. The fourth-order valence-corrected chi connectivity index (χ4v) is 2.83. The maximum absolute atomic E-state index is 11.8. The van der Waals surface area contributed by atoms with Gasteiger partial charge in [-0.2, -0.15) is 4.98 Å². The van der Waals surface area contributed by atoms with Gasteiger partial charge in [0.15, 0.2) is 0 Å². The summed E-state index contributed by atoms with van der Waals surface area (Å²) < 4.78 is 10.7. The van der Waals surface area contributed by atoms with Crippen LogP contribution >= 0.6 is 11.3 Å². The van der Waals surface area contributed by atoms with Gasteiger partial charge in [0.05, 0.1) is 11.5 Å². The van der Waals surface area contributed by atoms with E-state index in [2.05, 4.69) is 15.5 Å². The van der Waals surface area contributed by atoms with E-state index in [1.54, 1.807) is 11.3 Å².